The van der Waals surface area contributed by atoms with Crippen molar-refractivity contribution in [3.63, 3.8) is 0 Å². The second-order valence-corrected chi connectivity index (χ2v) is 6.39. The van der Waals surface area contributed by atoms with Crippen LogP contribution in [-0.2, 0) is 16.4 Å². The molecule has 0 aliphatic carbocycles. The van der Waals surface area contributed by atoms with Crippen molar-refractivity contribution in [1.82, 2.24) is 4.98 Å². The maximum Gasteiger partial charge on any atom is 0.261 e. The molecule has 0 atom stereocenters. The first-order chi connectivity index (χ1) is 9.53. The lowest BCUT2D eigenvalue weighted by atomic mass is 10.2. The molecule has 0 aliphatic heterocycles. The lowest BCUT2D eigenvalue weighted by Gasteiger charge is -2.10. The van der Waals surface area contributed by atoms with Crippen LogP contribution in [0.3, 0.4) is 0 Å². The minimum atomic E-state index is -3.59. The fourth-order valence-corrected chi connectivity index (χ4v) is 3.08. The summed E-state index contributed by atoms with van der Waals surface area (Å²) in [6, 6.07) is 10.1. The molecule has 1 aromatic carbocycles. The van der Waals surface area contributed by atoms with Crippen LogP contribution in [0.25, 0.3) is 0 Å². The van der Waals surface area contributed by atoms with Crippen molar-refractivity contribution in [1.29, 1.82) is 0 Å². The summed E-state index contributed by atoms with van der Waals surface area (Å²) in [5.74, 6) is 0.513. The second kappa shape index (κ2) is 6.24. The van der Waals surface area contributed by atoms with E-state index in [-0.39, 0.29) is 4.90 Å². The van der Waals surface area contributed by atoms with Crippen LogP contribution in [0.15, 0.2) is 47.5 Å². The number of hydrogen-bond donors (Lipinski definition) is 1. The van der Waals surface area contributed by atoms with Crippen molar-refractivity contribution < 1.29 is 8.42 Å². The first-order valence-corrected chi connectivity index (χ1v) is 8.14. The fraction of sp³-hybridized carbons (Fsp3) is 0.214. The molecule has 106 valence electrons. The van der Waals surface area contributed by atoms with Gasteiger partial charge in [0.2, 0.25) is 0 Å². The van der Waals surface area contributed by atoms with E-state index >= 15 is 0 Å². The third-order valence-corrected chi connectivity index (χ3v) is 4.44. The van der Waals surface area contributed by atoms with E-state index < -0.39 is 10.0 Å². The number of pyridine rings is 1. The summed E-state index contributed by atoms with van der Waals surface area (Å²) in [6.07, 6.45) is 2.34. The third-order valence-electron chi connectivity index (χ3n) is 2.87. The first kappa shape index (κ1) is 14.8. The second-order valence-electron chi connectivity index (χ2n) is 4.32. The van der Waals surface area contributed by atoms with Gasteiger partial charge in [0.05, 0.1) is 16.3 Å². The Morgan fingerprint density at radius 3 is 2.50 bits per heavy atom. The number of sulfonamides is 1. The number of aromatic nitrogens is 1. The molecule has 1 N–H and O–H groups in total. The van der Waals surface area contributed by atoms with Crippen molar-refractivity contribution >= 4 is 27.3 Å². The highest BCUT2D eigenvalue weighted by atomic mass is 35.5. The summed E-state index contributed by atoms with van der Waals surface area (Å²) in [6.45, 7) is 1.75. The van der Waals surface area contributed by atoms with Gasteiger partial charge in [-0.2, -0.15) is 0 Å². The van der Waals surface area contributed by atoms with Crippen molar-refractivity contribution in [2.24, 2.45) is 0 Å². The van der Waals surface area contributed by atoms with E-state index in [1.54, 1.807) is 49.5 Å². The van der Waals surface area contributed by atoms with Gasteiger partial charge in [0.1, 0.15) is 0 Å². The molecule has 1 aromatic heterocycles. The molecule has 4 nitrogen and oxygen atoms in total. The number of rotatable bonds is 5. The quantitative estimate of drug-likeness (QED) is 0.864. The van der Waals surface area contributed by atoms with Crippen molar-refractivity contribution in [3.8, 4) is 0 Å². The molecule has 20 heavy (non-hydrogen) atoms. The zero-order valence-corrected chi connectivity index (χ0v) is 12.6. The minimum absolute atomic E-state index is 0.221. The van der Waals surface area contributed by atoms with E-state index in [1.165, 1.54) is 0 Å². The lowest BCUT2D eigenvalue weighted by molar-refractivity contribution is 0.601. The molecule has 2 aromatic rings. The zero-order valence-electron chi connectivity index (χ0n) is 11.0. The van der Waals surface area contributed by atoms with E-state index in [4.69, 9.17) is 11.6 Å². The molecule has 0 saturated carbocycles. The van der Waals surface area contributed by atoms with Crippen LogP contribution < -0.4 is 4.72 Å². The highest BCUT2D eigenvalue weighted by Crippen LogP contribution is 2.18. The molecule has 0 aliphatic rings. The SMILES string of the molecule is Cc1ncccc1NS(=O)(=O)c1ccc(CCCl)cc1. The van der Waals surface area contributed by atoms with Crippen LogP contribution in [0, 0.1) is 6.92 Å². The number of nitrogens with one attached hydrogen (secondary N) is 1. The molecule has 2 rings (SSSR count). The molecule has 0 radical (unpaired) electrons. The van der Waals surface area contributed by atoms with E-state index in [2.05, 4.69) is 9.71 Å². The molecule has 0 saturated heterocycles. The van der Waals surface area contributed by atoms with Gasteiger partial charge in [-0.1, -0.05) is 12.1 Å². The van der Waals surface area contributed by atoms with Gasteiger partial charge in [-0.05, 0) is 43.2 Å². The number of halogens is 1. The number of alkyl halides is 1. The lowest BCUT2D eigenvalue weighted by Crippen LogP contribution is -2.14. The number of benzene rings is 1. The Balaban J connectivity index is 2.24. The van der Waals surface area contributed by atoms with Crippen LogP contribution in [0.5, 0.6) is 0 Å². The van der Waals surface area contributed by atoms with Gasteiger partial charge in [0.25, 0.3) is 10.0 Å². The number of aryl methyl sites for hydroxylation is 2. The summed E-state index contributed by atoms with van der Waals surface area (Å²) in [5.41, 5.74) is 2.13. The van der Waals surface area contributed by atoms with Gasteiger partial charge in [-0.15, -0.1) is 11.6 Å². The highest BCUT2D eigenvalue weighted by Gasteiger charge is 2.15. The molecule has 0 fully saturated rings. The van der Waals surface area contributed by atoms with E-state index in [9.17, 15) is 8.42 Å². The van der Waals surface area contributed by atoms with E-state index in [1.807, 2.05) is 0 Å². The highest BCUT2D eigenvalue weighted by molar-refractivity contribution is 7.92. The minimum Gasteiger partial charge on any atom is -0.278 e. The van der Waals surface area contributed by atoms with Crippen molar-refractivity contribution in [3.05, 3.63) is 53.9 Å². The predicted molar refractivity (Wildman–Crippen MR) is 80.6 cm³/mol. The Labute approximate surface area is 123 Å². The van der Waals surface area contributed by atoms with E-state index in [0.717, 1.165) is 12.0 Å². The maximum absolute atomic E-state index is 12.3. The molecule has 0 unspecified atom stereocenters. The average molecular weight is 311 g/mol. The van der Waals surface area contributed by atoms with Gasteiger partial charge in [0.15, 0.2) is 0 Å². The Morgan fingerprint density at radius 2 is 1.90 bits per heavy atom. The zero-order chi connectivity index (χ0) is 14.6. The van der Waals surface area contributed by atoms with Gasteiger partial charge in [0, 0.05) is 12.1 Å². The molecule has 0 bridgehead atoms. The maximum atomic E-state index is 12.3. The Bertz CT molecular complexity index is 685. The standard InChI is InChI=1S/C14H15ClN2O2S/c1-11-14(3-2-10-16-11)17-20(18,19)13-6-4-12(5-7-13)8-9-15/h2-7,10,17H,8-9H2,1H3. The Morgan fingerprint density at radius 1 is 1.20 bits per heavy atom. The number of anilines is 1. The molecular weight excluding hydrogens is 296 g/mol. The summed E-state index contributed by atoms with van der Waals surface area (Å²) in [7, 11) is -3.59. The summed E-state index contributed by atoms with van der Waals surface area (Å²) in [5, 5.41) is 0. The van der Waals surface area contributed by atoms with Crippen molar-refractivity contribution in [2.75, 3.05) is 10.6 Å². The van der Waals surface area contributed by atoms with Crippen LogP contribution in [0.4, 0.5) is 5.69 Å². The van der Waals surface area contributed by atoms with Crippen LogP contribution in [0.1, 0.15) is 11.3 Å². The topological polar surface area (TPSA) is 59.1 Å². The normalized spacial score (nSPS) is 11.3. The Hall–Kier alpha value is -1.59. The molecular formula is C14H15ClN2O2S. The van der Waals surface area contributed by atoms with Crippen LogP contribution >= 0.6 is 11.6 Å². The summed E-state index contributed by atoms with van der Waals surface area (Å²) >= 11 is 5.65. The van der Waals surface area contributed by atoms with Gasteiger partial charge < -0.3 is 0 Å². The van der Waals surface area contributed by atoms with E-state index in [0.29, 0.717) is 17.3 Å². The Kier molecular flexibility index (Phi) is 4.62. The number of hydrogen-bond acceptors (Lipinski definition) is 3. The van der Waals surface area contributed by atoms with Gasteiger partial charge in [-0.25, -0.2) is 8.42 Å². The monoisotopic (exact) mass is 310 g/mol. The van der Waals surface area contributed by atoms with Crippen molar-refractivity contribution in [2.45, 2.75) is 18.2 Å². The third kappa shape index (κ3) is 3.49. The van der Waals surface area contributed by atoms with Crippen LogP contribution in [0.2, 0.25) is 0 Å². The number of nitrogens with zero attached hydrogens (tertiary/aromatic N) is 1. The first-order valence-electron chi connectivity index (χ1n) is 6.12. The van der Waals surface area contributed by atoms with Crippen LogP contribution in [-0.4, -0.2) is 19.3 Å². The van der Waals surface area contributed by atoms with Gasteiger partial charge in [-0.3, -0.25) is 9.71 Å². The molecule has 1 heterocycles. The average Bonchev–Trinajstić information content (AvgIpc) is 2.42. The smallest absolute Gasteiger partial charge is 0.261 e. The molecule has 6 heteroatoms. The molecule has 0 amide bonds. The predicted octanol–water partition coefficient (Wildman–Crippen LogP) is 2.97. The summed E-state index contributed by atoms with van der Waals surface area (Å²) < 4.78 is 27.1. The summed E-state index contributed by atoms with van der Waals surface area (Å²) in [4.78, 5) is 4.28. The fourth-order valence-electron chi connectivity index (χ4n) is 1.74. The van der Waals surface area contributed by atoms with Gasteiger partial charge >= 0.3 is 0 Å². The largest absolute Gasteiger partial charge is 0.278 e. The molecule has 0 spiro atoms.